The molecule has 1 N–H and O–H groups in total. The molecule has 6 heteroatoms. The average Bonchev–Trinajstić information content (AvgIpc) is 3.20. The van der Waals surface area contributed by atoms with Gasteiger partial charge in [0.2, 0.25) is 0 Å². The van der Waals surface area contributed by atoms with E-state index in [1.54, 1.807) is 29.8 Å². The van der Waals surface area contributed by atoms with Gasteiger partial charge in [0.1, 0.15) is 17.9 Å². The zero-order valence-corrected chi connectivity index (χ0v) is 17.4. The standard InChI is InChI=1S/C23H30N2O4/c1-16(2)10-12-25-13-11-17(3)21(23(25)27)22(26)24-18-6-8-19(9-7-18)29-15-20-5-4-14-28-20/h6-9,11,13,16,20H,4-5,10,12,14-15H2,1-3H3,(H,24,26). The zero-order chi connectivity index (χ0) is 20.8. The van der Waals surface area contributed by atoms with Gasteiger partial charge in [-0.3, -0.25) is 9.59 Å². The van der Waals surface area contributed by atoms with Gasteiger partial charge in [0.15, 0.2) is 0 Å². The maximum Gasteiger partial charge on any atom is 0.263 e. The van der Waals surface area contributed by atoms with Crippen molar-refractivity contribution in [3.8, 4) is 5.75 Å². The van der Waals surface area contributed by atoms with Gasteiger partial charge in [0.25, 0.3) is 11.5 Å². The third-order valence-corrected chi connectivity index (χ3v) is 5.12. The van der Waals surface area contributed by atoms with Gasteiger partial charge in [-0.1, -0.05) is 13.8 Å². The summed E-state index contributed by atoms with van der Waals surface area (Å²) >= 11 is 0. The molecule has 1 saturated heterocycles. The van der Waals surface area contributed by atoms with E-state index in [9.17, 15) is 9.59 Å². The van der Waals surface area contributed by atoms with Crippen LogP contribution in [0.15, 0.2) is 41.3 Å². The van der Waals surface area contributed by atoms with Crippen LogP contribution in [0.2, 0.25) is 0 Å². The molecule has 1 amide bonds. The van der Waals surface area contributed by atoms with Crippen LogP contribution in [0.1, 0.15) is 49.0 Å². The lowest BCUT2D eigenvalue weighted by atomic mass is 10.1. The Morgan fingerprint density at radius 3 is 2.69 bits per heavy atom. The van der Waals surface area contributed by atoms with Crippen molar-refractivity contribution in [3.05, 3.63) is 58.0 Å². The fourth-order valence-electron chi connectivity index (χ4n) is 3.31. The molecular weight excluding hydrogens is 368 g/mol. The van der Waals surface area contributed by atoms with Gasteiger partial charge in [-0.25, -0.2) is 0 Å². The Morgan fingerprint density at radius 1 is 1.28 bits per heavy atom. The van der Waals surface area contributed by atoms with Gasteiger partial charge in [0.05, 0.1) is 6.10 Å². The van der Waals surface area contributed by atoms with Crippen LogP contribution < -0.4 is 15.6 Å². The van der Waals surface area contributed by atoms with E-state index >= 15 is 0 Å². The van der Waals surface area contributed by atoms with Crippen molar-refractivity contribution >= 4 is 11.6 Å². The van der Waals surface area contributed by atoms with Crippen LogP contribution in [0.4, 0.5) is 5.69 Å². The van der Waals surface area contributed by atoms with Crippen LogP contribution in [-0.2, 0) is 11.3 Å². The summed E-state index contributed by atoms with van der Waals surface area (Å²) in [6, 6.07) is 8.99. The molecule has 6 nitrogen and oxygen atoms in total. The molecule has 29 heavy (non-hydrogen) atoms. The number of carbonyl (C=O) groups is 1. The topological polar surface area (TPSA) is 69.6 Å². The molecule has 1 aliphatic heterocycles. The number of ether oxygens (including phenoxy) is 2. The zero-order valence-electron chi connectivity index (χ0n) is 17.4. The van der Waals surface area contributed by atoms with Crippen LogP contribution in [0.25, 0.3) is 0 Å². The highest BCUT2D eigenvalue weighted by molar-refractivity contribution is 6.05. The van der Waals surface area contributed by atoms with Crippen molar-refractivity contribution in [2.45, 2.75) is 52.7 Å². The molecule has 156 valence electrons. The van der Waals surface area contributed by atoms with Crippen LogP contribution in [0.3, 0.4) is 0 Å². The van der Waals surface area contributed by atoms with Gasteiger partial charge in [-0.15, -0.1) is 0 Å². The predicted molar refractivity (Wildman–Crippen MR) is 114 cm³/mol. The van der Waals surface area contributed by atoms with E-state index in [4.69, 9.17) is 9.47 Å². The van der Waals surface area contributed by atoms with Crippen molar-refractivity contribution < 1.29 is 14.3 Å². The van der Waals surface area contributed by atoms with Crippen LogP contribution in [0, 0.1) is 12.8 Å². The molecule has 1 atom stereocenters. The number of carbonyl (C=O) groups excluding carboxylic acids is 1. The molecule has 1 fully saturated rings. The molecule has 0 bridgehead atoms. The van der Waals surface area contributed by atoms with Crippen molar-refractivity contribution in [1.82, 2.24) is 4.57 Å². The summed E-state index contributed by atoms with van der Waals surface area (Å²) in [4.78, 5) is 25.5. The Kier molecular flexibility index (Phi) is 7.09. The molecule has 2 heterocycles. The Balaban J connectivity index is 1.65. The highest BCUT2D eigenvalue weighted by Crippen LogP contribution is 2.19. The molecule has 0 aliphatic carbocycles. The van der Waals surface area contributed by atoms with E-state index in [1.807, 2.05) is 18.2 Å². The van der Waals surface area contributed by atoms with Crippen molar-refractivity contribution in [2.24, 2.45) is 5.92 Å². The smallest absolute Gasteiger partial charge is 0.263 e. The molecule has 1 aliphatic rings. The summed E-state index contributed by atoms with van der Waals surface area (Å²) < 4.78 is 12.9. The highest BCUT2D eigenvalue weighted by atomic mass is 16.5. The lowest BCUT2D eigenvalue weighted by molar-refractivity contribution is 0.0679. The quantitative estimate of drug-likeness (QED) is 0.729. The SMILES string of the molecule is Cc1ccn(CCC(C)C)c(=O)c1C(=O)Nc1ccc(OCC2CCCO2)cc1. The number of hydrogen-bond donors (Lipinski definition) is 1. The Hall–Kier alpha value is -2.60. The maximum atomic E-state index is 12.8. The number of anilines is 1. The molecule has 1 aromatic carbocycles. The first-order valence-electron chi connectivity index (χ1n) is 10.3. The number of pyridine rings is 1. The molecule has 0 saturated carbocycles. The number of hydrogen-bond acceptors (Lipinski definition) is 4. The summed E-state index contributed by atoms with van der Waals surface area (Å²) in [6.45, 7) is 7.95. The number of nitrogens with zero attached hydrogens (tertiary/aromatic N) is 1. The second-order valence-corrected chi connectivity index (χ2v) is 7.98. The molecule has 0 radical (unpaired) electrons. The fourth-order valence-corrected chi connectivity index (χ4v) is 3.31. The molecule has 0 spiro atoms. The minimum Gasteiger partial charge on any atom is -0.491 e. The molecule has 3 rings (SSSR count). The number of rotatable bonds is 8. The second kappa shape index (κ2) is 9.74. The number of benzene rings is 1. The molecule has 1 unspecified atom stereocenters. The van der Waals surface area contributed by atoms with Crippen molar-refractivity contribution in [3.63, 3.8) is 0 Å². The lowest BCUT2D eigenvalue weighted by Crippen LogP contribution is -2.30. The summed E-state index contributed by atoms with van der Waals surface area (Å²) in [7, 11) is 0. The van der Waals surface area contributed by atoms with E-state index in [0.717, 1.165) is 31.6 Å². The van der Waals surface area contributed by atoms with Gasteiger partial charge < -0.3 is 19.4 Å². The highest BCUT2D eigenvalue weighted by Gasteiger charge is 2.17. The number of aromatic nitrogens is 1. The van der Waals surface area contributed by atoms with Gasteiger partial charge in [-0.2, -0.15) is 0 Å². The third kappa shape index (κ3) is 5.70. The van der Waals surface area contributed by atoms with E-state index < -0.39 is 0 Å². The number of amides is 1. The average molecular weight is 399 g/mol. The van der Waals surface area contributed by atoms with E-state index in [1.165, 1.54) is 0 Å². The van der Waals surface area contributed by atoms with Gasteiger partial charge in [-0.05, 0) is 68.0 Å². The normalized spacial score (nSPS) is 16.2. The number of aryl methyl sites for hydroxylation is 2. The van der Waals surface area contributed by atoms with E-state index in [-0.39, 0.29) is 23.1 Å². The summed E-state index contributed by atoms with van der Waals surface area (Å²) in [5.74, 6) is 0.825. The Labute approximate surface area is 171 Å². The van der Waals surface area contributed by atoms with Gasteiger partial charge >= 0.3 is 0 Å². The summed E-state index contributed by atoms with van der Waals surface area (Å²) in [5.41, 5.74) is 1.23. The van der Waals surface area contributed by atoms with Crippen LogP contribution in [0.5, 0.6) is 5.75 Å². The summed E-state index contributed by atoms with van der Waals surface area (Å²) in [6.07, 6.45) is 4.92. The molecular formula is C23H30N2O4. The van der Waals surface area contributed by atoms with Gasteiger partial charge in [0, 0.05) is 25.0 Å². The van der Waals surface area contributed by atoms with Crippen LogP contribution in [-0.4, -0.2) is 29.8 Å². The first kappa shape index (κ1) is 21.1. The maximum absolute atomic E-state index is 12.8. The lowest BCUT2D eigenvalue weighted by Gasteiger charge is -2.13. The minimum atomic E-state index is -0.389. The Bertz CT molecular complexity index is 881. The predicted octanol–water partition coefficient (Wildman–Crippen LogP) is 4.01. The van der Waals surface area contributed by atoms with Crippen molar-refractivity contribution in [2.75, 3.05) is 18.5 Å². The third-order valence-electron chi connectivity index (χ3n) is 5.12. The van der Waals surface area contributed by atoms with E-state index in [2.05, 4.69) is 19.2 Å². The monoisotopic (exact) mass is 398 g/mol. The first-order chi connectivity index (χ1) is 13.9. The molecule has 2 aromatic rings. The Morgan fingerprint density at radius 2 is 2.03 bits per heavy atom. The van der Waals surface area contributed by atoms with Crippen molar-refractivity contribution in [1.29, 1.82) is 0 Å². The minimum absolute atomic E-state index is 0.160. The van der Waals surface area contributed by atoms with Crippen LogP contribution >= 0.6 is 0 Å². The fraction of sp³-hybridized carbons (Fsp3) is 0.478. The summed E-state index contributed by atoms with van der Waals surface area (Å²) in [5, 5.41) is 2.82. The first-order valence-corrected chi connectivity index (χ1v) is 10.3. The second-order valence-electron chi connectivity index (χ2n) is 7.98. The van der Waals surface area contributed by atoms with E-state index in [0.29, 0.717) is 30.3 Å². The number of nitrogens with one attached hydrogen (secondary N) is 1. The largest absolute Gasteiger partial charge is 0.491 e. The molecule has 1 aromatic heterocycles.